The first-order valence-electron chi connectivity index (χ1n) is 5.99. The van der Waals surface area contributed by atoms with Gasteiger partial charge >= 0.3 is 0 Å². The minimum absolute atomic E-state index is 0.118. The molecule has 4 heteroatoms. The van der Waals surface area contributed by atoms with Gasteiger partial charge in [0, 0.05) is 36.5 Å². The zero-order chi connectivity index (χ0) is 13.1. The van der Waals surface area contributed by atoms with E-state index in [4.69, 9.17) is 0 Å². The van der Waals surface area contributed by atoms with Gasteiger partial charge in [0.25, 0.3) is 5.69 Å². The summed E-state index contributed by atoms with van der Waals surface area (Å²) in [6.45, 7) is 5.08. The quantitative estimate of drug-likeness (QED) is 0.604. The fourth-order valence-electron chi connectivity index (χ4n) is 2.13. The molecule has 0 fully saturated rings. The van der Waals surface area contributed by atoms with Crippen molar-refractivity contribution in [3.63, 3.8) is 0 Å². The van der Waals surface area contributed by atoms with Crippen LogP contribution in [0.3, 0.4) is 0 Å². The van der Waals surface area contributed by atoms with E-state index < -0.39 is 0 Å². The fraction of sp³-hybridized carbons (Fsp3) is 0.286. The third-order valence-corrected chi connectivity index (χ3v) is 3.15. The van der Waals surface area contributed by atoms with Gasteiger partial charge in [0.05, 0.1) is 4.92 Å². The average Bonchev–Trinajstić information content (AvgIpc) is 2.38. The predicted octanol–water partition coefficient (Wildman–Crippen LogP) is 3.43. The predicted molar refractivity (Wildman–Crippen MR) is 71.1 cm³/mol. The van der Waals surface area contributed by atoms with E-state index in [-0.39, 0.29) is 16.5 Å². The lowest BCUT2D eigenvalue weighted by Crippen LogP contribution is -2.18. The number of allylic oxidation sites excluding steroid dienone is 3. The van der Waals surface area contributed by atoms with E-state index in [1.807, 2.05) is 12.3 Å². The molecule has 0 saturated carbocycles. The summed E-state index contributed by atoms with van der Waals surface area (Å²) < 4.78 is 0. The summed E-state index contributed by atoms with van der Waals surface area (Å²) >= 11 is 0. The molecule has 0 aromatic heterocycles. The number of nitro benzene ring substituents is 1. The molecular formula is C14H16N2O2. The van der Waals surface area contributed by atoms with Crippen LogP contribution in [0.15, 0.2) is 48.3 Å². The second kappa shape index (κ2) is 5.04. The van der Waals surface area contributed by atoms with Gasteiger partial charge in [0.2, 0.25) is 0 Å². The Hall–Kier alpha value is -2.10. The highest BCUT2D eigenvalue weighted by Crippen LogP contribution is 2.28. The summed E-state index contributed by atoms with van der Waals surface area (Å²) in [6.07, 6.45) is 6.23. The van der Waals surface area contributed by atoms with Crippen molar-refractivity contribution >= 4 is 5.69 Å². The topological polar surface area (TPSA) is 46.4 Å². The Kier molecular flexibility index (Phi) is 3.46. The summed E-state index contributed by atoms with van der Waals surface area (Å²) in [5.74, 6) is 0.118. The van der Waals surface area contributed by atoms with Crippen molar-refractivity contribution < 1.29 is 4.92 Å². The van der Waals surface area contributed by atoms with Gasteiger partial charge in [0.1, 0.15) is 0 Å². The standard InChI is InChI=1S/C14H16N2O2/c1-3-15-8-7-13(9-11(15)2)12-5-4-6-14(10-12)16(17)18/h4-10,13H,3H2,1-2H3. The maximum Gasteiger partial charge on any atom is 0.269 e. The van der Waals surface area contributed by atoms with Crippen LogP contribution >= 0.6 is 0 Å². The molecule has 1 atom stereocenters. The van der Waals surface area contributed by atoms with Crippen LogP contribution in [-0.2, 0) is 0 Å². The van der Waals surface area contributed by atoms with Crippen molar-refractivity contribution in [1.82, 2.24) is 4.90 Å². The first-order valence-corrected chi connectivity index (χ1v) is 5.99. The van der Waals surface area contributed by atoms with Crippen molar-refractivity contribution in [2.45, 2.75) is 19.8 Å². The monoisotopic (exact) mass is 244 g/mol. The van der Waals surface area contributed by atoms with Crippen molar-refractivity contribution in [3.05, 3.63) is 64.0 Å². The molecule has 4 nitrogen and oxygen atoms in total. The van der Waals surface area contributed by atoms with Crippen molar-refractivity contribution in [2.24, 2.45) is 0 Å². The highest BCUT2D eigenvalue weighted by atomic mass is 16.6. The van der Waals surface area contributed by atoms with Crippen LogP contribution in [0, 0.1) is 10.1 Å². The number of nitro groups is 1. The van der Waals surface area contributed by atoms with Gasteiger partial charge in [0.15, 0.2) is 0 Å². The van der Waals surface area contributed by atoms with E-state index in [2.05, 4.69) is 30.9 Å². The molecule has 0 spiro atoms. The molecule has 1 heterocycles. The van der Waals surface area contributed by atoms with E-state index in [9.17, 15) is 10.1 Å². The van der Waals surface area contributed by atoms with E-state index >= 15 is 0 Å². The molecule has 1 aromatic rings. The van der Waals surface area contributed by atoms with Gasteiger partial charge in [-0.25, -0.2) is 0 Å². The summed E-state index contributed by atoms with van der Waals surface area (Å²) in [7, 11) is 0. The maximum atomic E-state index is 10.8. The van der Waals surface area contributed by atoms with Crippen molar-refractivity contribution in [1.29, 1.82) is 0 Å². The van der Waals surface area contributed by atoms with E-state index in [1.54, 1.807) is 12.1 Å². The maximum absolute atomic E-state index is 10.8. The molecule has 0 aliphatic carbocycles. The van der Waals surface area contributed by atoms with Crippen molar-refractivity contribution in [3.8, 4) is 0 Å². The van der Waals surface area contributed by atoms with Crippen molar-refractivity contribution in [2.75, 3.05) is 6.54 Å². The zero-order valence-electron chi connectivity index (χ0n) is 10.5. The first-order chi connectivity index (χ1) is 8.61. The molecule has 2 rings (SSSR count). The molecular weight excluding hydrogens is 228 g/mol. The Morgan fingerprint density at radius 3 is 2.83 bits per heavy atom. The van der Waals surface area contributed by atoms with Gasteiger partial charge in [-0.3, -0.25) is 10.1 Å². The number of non-ortho nitro benzene ring substituents is 1. The highest BCUT2D eigenvalue weighted by molar-refractivity contribution is 5.40. The van der Waals surface area contributed by atoms with Gasteiger partial charge in [-0.15, -0.1) is 0 Å². The van der Waals surface area contributed by atoms with Crippen LogP contribution in [0.25, 0.3) is 0 Å². The van der Waals surface area contributed by atoms with Gasteiger partial charge < -0.3 is 4.90 Å². The SMILES string of the molecule is CCN1C=CC(c2cccc([N+](=O)[O-])c2)C=C1C. The lowest BCUT2D eigenvalue weighted by atomic mass is 9.95. The third kappa shape index (κ3) is 2.42. The molecule has 1 aromatic carbocycles. The Morgan fingerprint density at radius 1 is 1.44 bits per heavy atom. The molecule has 0 saturated heterocycles. The van der Waals surface area contributed by atoms with E-state index in [0.717, 1.165) is 12.1 Å². The summed E-state index contributed by atoms with van der Waals surface area (Å²) in [4.78, 5) is 12.6. The second-order valence-electron chi connectivity index (χ2n) is 4.31. The number of nitrogens with zero attached hydrogens (tertiary/aromatic N) is 2. The summed E-state index contributed by atoms with van der Waals surface area (Å²) in [5, 5.41) is 10.8. The van der Waals surface area contributed by atoms with Crippen LogP contribution < -0.4 is 0 Å². The van der Waals surface area contributed by atoms with Gasteiger partial charge in [-0.1, -0.05) is 24.3 Å². The normalized spacial score (nSPS) is 18.7. The van der Waals surface area contributed by atoms with E-state index in [0.29, 0.717) is 0 Å². The first kappa shape index (κ1) is 12.4. The molecule has 0 N–H and O–H groups in total. The summed E-state index contributed by atoms with van der Waals surface area (Å²) in [6, 6.07) is 6.81. The van der Waals surface area contributed by atoms with Crippen LogP contribution in [0.4, 0.5) is 5.69 Å². The van der Waals surface area contributed by atoms with Crippen LogP contribution in [0.1, 0.15) is 25.3 Å². The smallest absolute Gasteiger partial charge is 0.269 e. The Bertz CT molecular complexity index is 520. The largest absolute Gasteiger partial charge is 0.353 e. The third-order valence-electron chi connectivity index (χ3n) is 3.15. The zero-order valence-corrected chi connectivity index (χ0v) is 10.5. The summed E-state index contributed by atoms with van der Waals surface area (Å²) in [5.41, 5.74) is 2.27. The van der Waals surface area contributed by atoms with E-state index in [1.165, 1.54) is 11.8 Å². The van der Waals surface area contributed by atoms with Gasteiger partial charge in [-0.2, -0.15) is 0 Å². The Balaban J connectivity index is 2.28. The minimum Gasteiger partial charge on any atom is -0.353 e. The lowest BCUT2D eigenvalue weighted by Gasteiger charge is -2.25. The van der Waals surface area contributed by atoms with Crippen LogP contribution in [0.2, 0.25) is 0 Å². The molecule has 1 aliphatic heterocycles. The molecule has 1 aliphatic rings. The average molecular weight is 244 g/mol. The van der Waals surface area contributed by atoms with Crippen LogP contribution in [0.5, 0.6) is 0 Å². The highest BCUT2D eigenvalue weighted by Gasteiger charge is 2.15. The number of hydrogen-bond donors (Lipinski definition) is 0. The number of rotatable bonds is 3. The Labute approximate surface area is 106 Å². The molecule has 18 heavy (non-hydrogen) atoms. The number of benzene rings is 1. The minimum atomic E-state index is -0.356. The molecule has 0 radical (unpaired) electrons. The fourth-order valence-corrected chi connectivity index (χ4v) is 2.13. The number of hydrogen-bond acceptors (Lipinski definition) is 3. The second-order valence-corrected chi connectivity index (χ2v) is 4.31. The molecule has 0 bridgehead atoms. The van der Waals surface area contributed by atoms with Gasteiger partial charge in [-0.05, 0) is 19.4 Å². The Morgan fingerprint density at radius 2 is 2.22 bits per heavy atom. The lowest BCUT2D eigenvalue weighted by molar-refractivity contribution is -0.384. The van der Waals surface area contributed by atoms with Crippen LogP contribution in [-0.4, -0.2) is 16.4 Å². The molecule has 94 valence electrons. The molecule has 0 amide bonds. The molecule has 1 unspecified atom stereocenters.